The molecule has 0 aromatic carbocycles. The zero-order valence-corrected chi connectivity index (χ0v) is 7.71. The average Bonchev–Trinajstić information content (AvgIpc) is 2.35. The SMILES string of the molecule is CC1(CCO[SH](=O)=O)OCCO1. The van der Waals surface area contributed by atoms with Crippen molar-refractivity contribution in [2.24, 2.45) is 0 Å². The van der Waals surface area contributed by atoms with Crippen molar-refractivity contribution in [3.63, 3.8) is 0 Å². The molecule has 1 saturated heterocycles. The summed E-state index contributed by atoms with van der Waals surface area (Å²) < 4.78 is 34.8. The Hall–Kier alpha value is -0.170. The molecule has 0 bridgehead atoms. The minimum atomic E-state index is -2.75. The van der Waals surface area contributed by atoms with Crippen LogP contribution in [0.1, 0.15) is 13.3 Å². The van der Waals surface area contributed by atoms with E-state index < -0.39 is 16.8 Å². The van der Waals surface area contributed by atoms with E-state index in [1.54, 1.807) is 6.92 Å². The Morgan fingerprint density at radius 2 is 2.00 bits per heavy atom. The molecule has 1 aliphatic rings. The first-order valence-electron chi connectivity index (χ1n) is 3.68. The minimum absolute atomic E-state index is 0.106. The highest BCUT2D eigenvalue weighted by atomic mass is 32.2. The maximum Gasteiger partial charge on any atom is 0.257 e. The molecule has 0 N–H and O–H groups in total. The van der Waals surface area contributed by atoms with Gasteiger partial charge in [0.15, 0.2) is 5.79 Å². The van der Waals surface area contributed by atoms with Crippen molar-refractivity contribution in [3.8, 4) is 0 Å². The van der Waals surface area contributed by atoms with Gasteiger partial charge in [0.1, 0.15) is 0 Å². The van der Waals surface area contributed by atoms with Crippen LogP contribution >= 0.6 is 0 Å². The molecule has 1 aliphatic heterocycles. The summed E-state index contributed by atoms with van der Waals surface area (Å²) in [4.78, 5) is 0. The summed E-state index contributed by atoms with van der Waals surface area (Å²) in [5.74, 6) is -0.661. The molecule has 0 unspecified atom stereocenters. The van der Waals surface area contributed by atoms with Crippen molar-refractivity contribution < 1.29 is 22.1 Å². The maximum absolute atomic E-state index is 10.0. The minimum Gasteiger partial charge on any atom is -0.348 e. The van der Waals surface area contributed by atoms with Gasteiger partial charge in [0.05, 0.1) is 19.8 Å². The van der Waals surface area contributed by atoms with Crippen molar-refractivity contribution in [2.75, 3.05) is 19.8 Å². The van der Waals surface area contributed by atoms with E-state index in [0.717, 1.165) is 0 Å². The van der Waals surface area contributed by atoms with Crippen molar-refractivity contribution in [1.82, 2.24) is 0 Å². The van der Waals surface area contributed by atoms with Crippen LogP contribution in [0.4, 0.5) is 0 Å². The molecule has 12 heavy (non-hydrogen) atoms. The van der Waals surface area contributed by atoms with Gasteiger partial charge in [-0.25, -0.2) is 8.42 Å². The number of hydrogen-bond acceptors (Lipinski definition) is 5. The molecule has 0 aliphatic carbocycles. The second-order valence-electron chi connectivity index (χ2n) is 2.64. The summed E-state index contributed by atoms with van der Waals surface area (Å²) in [5, 5.41) is 0. The van der Waals surface area contributed by atoms with Gasteiger partial charge >= 0.3 is 0 Å². The monoisotopic (exact) mass is 196 g/mol. The van der Waals surface area contributed by atoms with Gasteiger partial charge in [-0.3, -0.25) is 4.18 Å². The van der Waals surface area contributed by atoms with Crippen molar-refractivity contribution >= 4 is 11.0 Å². The van der Waals surface area contributed by atoms with Crippen LogP contribution in [0, 0.1) is 0 Å². The van der Waals surface area contributed by atoms with Crippen LogP contribution in [0.15, 0.2) is 0 Å². The average molecular weight is 196 g/mol. The summed E-state index contributed by atoms with van der Waals surface area (Å²) in [6, 6.07) is 0. The molecule has 1 fully saturated rings. The highest BCUT2D eigenvalue weighted by molar-refractivity contribution is 7.67. The molecule has 0 atom stereocenters. The second-order valence-corrected chi connectivity index (χ2v) is 3.34. The predicted molar refractivity (Wildman–Crippen MR) is 41.2 cm³/mol. The first-order chi connectivity index (χ1) is 5.62. The van der Waals surface area contributed by atoms with Gasteiger partial charge in [-0.1, -0.05) is 0 Å². The molecule has 0 spiro atoms. The third-order valence-electron chi connectivity index (χ3n) is 1.65. The van der Waals surface area contributed by atoms with Crippen LogP contribution in [-0.4, -0.2) is 34.0 Å². The summed E-state index contributed by atoms with van der Waals surface area (Å²) in [5.41, 5.74) is 0. The van der Waals surface area contributed by atoms with E-state index in [4.69, 9.17) is 9.47 Å². The third kappa shape index (κ3) is 3.06. The first kappa shape index (κ1) is 9.91. The van der Waals surface area contributed by atoms with Gasteiger partial charge in [-0.05, 0) is 6.92 Å². The quantitative estimate of drug-likeness (QED) is 0.624. The van der Waals surface area contributed by atoms with Gasteiger partial charge in [0, 0.05) is 6.42 Å². The lowest BCUT2D eigenvalue weighted by Crippen LogP contribution is -2.27. The van der Waals surface area contributed by atoms with E-state index in [-0.39, 0.29) is 6.61 Å². The van der Waals surface area contributed by atoms with Gasteiger partial charge in [0.2, 0.25) is 0 Å². The first-order valence-corrected chi connectivity index (χ1v) is 4.77. The Morgan fingerprint density at radius 3 is 2.50 bits per heavy atom. The maximum atomic E-state index is 10.0. The van der Waals surface area contributed by atoms with Gasteiger partial charge < -0.3 is 9.47 Å². The molecule has 1 heterocycles. The highest BCUT2D eigenvalue weighted by Crippen LogP contribution is 2.21. The van der Waals surface area contributed by atoms with E-state index >= 15 is 0 Å². The van der Waals surface area contributed by atoms with Gasteiger partial charge in [-0.2, -0.15) is 0 Å². The Morgan fingerprint density at radius 1 is 1.42 bits per heavy atom. The second kappa shape index (κ2) is 4.18. The van der Waals surface area contributed by atoms with Crippen molar-refractivity contribution in [3.05, 3.63) is 0 Å². The lowest BCUT2D eigenvalue weighted by Gasteiger charge is -2.20. The Labute approximate surface area is 72.8 Å². The van der Waals surface area contributed by atoms with Crippen LogP contribution in [0.5, 0.6) is 0 Å². The van der Waals surface area contributed by atoms with E-state index in [9.17, 15) is 8.42 Å². The molecule has 6 heteroatoms. The number of rotatable bonds is 4. The van der Waals surface area contributed by atoms with Crippen molar-refractivity contribution in [1.29, 1.82) is 0 Å². The van der Waals surface area contributed by atoms with Crippen LogP contribution in [0.25, 0.3) is 0 Å². The summed E-state index contributed by atoms with van der Waals surface area (Å²) in [6.45, 7) is 2.98. The lowest BCUT2D eigenvalue weighted by molar-refractivity contribution is -0.150. The Kier molecular flexibility index (Phi) is 3.45. The van der Waals surface area contributed by atoms with E-state index in [2.05, 4.69) is 4.18 Å². The van der Waals surface area contributed by atoms with Crippen LogP contribution < -0.4 is 0 Å². The molecule has 0 radical (unpaired) electrons. The molecular formula is C6H12O5S. The number of hydrogen-bond donors (Lipinski definition) is 1. The molecule has 0 aromatic rings. The van der Waals surface area contributed by atoms with E-state index in [1.165, 1.54) is 0 Å². The number of ether oxygens (including phenoxy) is 2. The molecule has 72 valence electrons. The fraction of sp³-hybridized carbons (Fsp3) is 1.00. The molecule has 0 amide bonds. The Balaban J connectivity index is 2.21. The summed E-state index contributed by atoms with van der Waals surface area (Å²) in [6.07, 6.45) is 0.427. The van der Waals surface area contributed by atoms with Crippen LogP contribution in [-0.2, 0) is 24.6 Å². The standard InChI is InChI=1S/C6H12O5S/c1-6(9-4-5-10-6)2-3-11-12(7)8/h12H,2-5H2,1H3. The summed E-state index contributed by atoms with van der Waals surface area (Å²) in [7, 11) is -2.75. The molecule has 0 saturated carbocycles. The Bertz CT molecular complexity index is 198. The smallest absolute Gasteiger partial charge is 0.257 e. The normalized spacial score (nSPS) is 21.8. The van der Waals surface area contributed by atoms with Gasteiger partial charge in [-0.15, -0.1) is 0 Å². The van der Waals surface area contributed by atoms with Crippen molar-refractivity contribution in [2.45, 2.75) is 19.1 Å². The molecule has 1 rings (SSSR count). The fourth-order valence-electron chi connectivity index (χ4n) is 1.01. The predicted octanol–water partition coefficient (Wildman–Crippen LogP) is -0.317. The van der Waals surface area contributed by atoms with Gasteiger partial charge in [0.25, 0.3) is 11.0 Å². The topological polar surface area (TPSA) is 61.8 Å². The number of thiol groups is 1. The van der Waals surface area contributed by atoms with E-state index in [1.807, 2.05) is 0 Å². The fourth-order valence-corrected chi connectivity index (χ4v) is 1.25. The van der Waals surface area contributed by atoms with Crippen LogP contribution in [0.3, 0.4) is 0 Å². The third-order valence-corrected chi connectivity index (χ3v) is 2.04. The zero-order valence-electron chi connectivity index (χ0n) is 6.82. The largest absolute Gasteiger partial charge is 0.348 e. The van der Waals surface area contributed by atoms with E-state index in [0.29, 0.717) is 19.6 Å². The molecule has 0 aromatic heterocycles. The highest BCUT2D eigenvalue weighted by Gasteiger charge is 2.30. The zero-order chi connectivity index (χ0) is 9.03. The molecule has 5 nitrogen and oxygen atoms in total. The van der Waals surface area contributed by atoms with Crippen LogP contribution in [0.2, 0.25) is 0 Å². The lowest BCUT2D eigenvalue weighted by atomic mass is 10.2. The summed E-state index contributed by atoms with van der Waals surface area (Å²) >= 11 is 0. The molecular weight excluding hydrogens is 184 g/mol.